The Hall–Kier alpha value is -1.48. The summed E-state index contributed by atoms with van der Waals surface area (Å²) in [5, 5.41) is 3.43. The van der Waals surface area contributed by atoms with Crippen LogP contribution < -0.4 is 15.7 Å². The summed E-state index contributed by atoms with van der Waals surface area (Å²) in [5.41, 5.74) is 1.91. The Labute approximate surface area is 202 Å². The normalized spacial score (nSPS) is 34.0. The van der Waals surface area contributed by atoms with Crippen LogP contribution in [-0.2, 0) is 19.5 Å². The molecule has 1 atom stereocenters. The van der Waals surface area contributed by atoms with Crippen molar-refractivity contribution in [1.29, 1.82) is 0 Å². The van der Waals surface area contributed by atoms with Gasteiger partial charge in [-0.15, -0.1) is 0 Å². The second-order valence-electron chi connectivity index (χ2n) is 12.0. The first-order chi connectivity index (χ1) is 16.1. The monoisotopic (exact) mass is 469 g/mol. The highest BCUT2D eigenvalue weighted by Gasteiger charge is 2.56. The summed E-state index contributed by atoms with van der Waals surface area (Å²) < 4.78 is 26.4. The van der Waals surface area contributed by atoms with E-state index in [-0.39, 0.29) is 11.9 Å². The lowest BCUT2D eigenvalue weighted by atomic mass is 9.72. The van der Waals surface area contributed by atoms with Crippen LogP contribution in [0.4, 0.5) is 10.1 Å². The number of hydrogen-bond donors (Lipinski definition) is 1. The van der Waals surface area contributed by atoms with Gasteiger partial charge in [-0.3, -0.25) is 9.69 Å². The largest absolute Gasteiger partial charge is 0.494 e. The predicted molar refractivity (Wildman–Crippen MR) is 131 cm³/mol. The van der Waals surface area contributed by atoms with E-state index in [9.17, 15) is 9.18 Å². The van der Waals surface area contributed by atoms with E-state index < -0.39 is 29.9 Å². The molecule has 4 fully saturated rings. The minimum absolute atomic E-state index is 0.178. The number of piperidine rings is 1. The predicted octanol–water partition coefficient (Wildman–Crippen LogP) is 2.53. The summed E-state index contributed by atoms with van der Waals surface area (Å²) in [6.07, 6.45) is 3.45. The number of nitrogens with zero attached hydrogens (tertiary/aromatic N) is 2. The first-order valence-corrected chi connectivity index (χ1v) is 13.0. The number of nitrogens with one attached hydrogen (secondary N) is 1. The number of amides is 1. The van der Waals surface area contributed by atoms with Gasteiger partial charge in [-0.25, -0.2) is 4.39 Å². The van der Waals surface area contributed by atoms with Crippen LogP contribution in [0.2, 0.25) is 0 Å². The van der Waals surface area contributed by atoms with E-state index in [1.807, 2.05) is 0 Å². The smallest absolute Gasteiger partial charge is 0.399 e. The zero-order valence-corrected chi connectivity index (χ0v) is 20.9. The molecule has 184 valence electrons. The van der Waals surface area contributed by atoms with Gasteiger partial charge in [0, 0.05) is 30.9 Å². The number of fused-ring (bicyclic) bond motifs is 2. The molecular formula is C26H37BFN3O3. The Bertz CT molecular complexity index is 974. The highest BCUT2D eigenvalue weighted by atomic mass is 19.1. The molecule has 6 nitrogen and oxygen atoms in total. The maximum Gasteiger partial charge on any atom is 0.494 e. The molecule has 8 heteroatoms. The number of rotatable bonds is 3. The van der Waals surface area contributed by atoms with Gasteiger partial charge in [-0.05, 0) is 90.0 Å². The third-order valence-corrected chi connectivity index (χ3v) is 9.54. The number of benzene rings is 1. The lowest BCUT2D eigenvalue weighted by Gasteiger charge is -2.46. The summed E-state index contributed by atoms with van der Waals surface area (Å²) in [6.45, 7) is 11.4. The number of carbonyl (C=O) groups excluding carboxylic acids is 1. The van der Waals surface area contributed by atoms with Gasteiger partial charge in [0.15, 0.2) is 0 Å². The molecule has 6 rings (SSSR count). The van der Waals surface area contributed by atoms with E-state index in [0.717, 1.165) is 62.0 Å². The van der Waals surface area contributed by atoms with Crippen molar-refractivity contribution in [2.45, 2.75) is 94.7 Å². The van der Waals surface area contributed by atoms with Gasteiger partial charge in [-0.2, -0.15) is 0 Å². The first-order valence-electron chi connectivity index (χ1n) is 13.0. The average molecular weight is 469 g/mol. The van der Waals surface area contributed by atoms with Crippen LogP contribution >= 0.6 is 0 Å². The molecule has 1 aliphatic carbocycles. The molecule has 0 aromatic heterocycles. The van der Waals surface area contributed by atoms with Crippen LogP contribution in [-0.4, -0.2) is 73.6 Å². The van der Waals surface area contributed by atoms with Gasteiger partial charge in [0.25, 0.3) is 0 Å². The molecule has 1 N–H and O–H groups in total. The van der Waals surface area contributed by atoms with E-state index in [1.165, 1.54) is 0 Å². The molecule has 1 spiro atoms. The second kappa shape index (κ2) is 7.76. The molecule has 0 radical (unpaired) electrons. The van der Waals surface area contributed by atoms with Crippen molar-refractivity contribution in [2.75, 3.05) is 31.1 Å². The van der Waals surface area contributed by atoms with E-state index >= 15 is 0 Å². The van der Waals surface area contributed by atoms with Crippen LogP contribution in [0.25, 0.3) is 0 Å². The second-order valence-corrected chi connectivity index (χ2v) is 12.0. The molecule has 4 heterocycles. The molecule has 3 saturated heterocycles. The molecule has 1 aromatic carbocycles. The standard InChI is InChI=1S/C26H37BFN3O3/c1-24(2)25(3,4)34-27(33-24)17-5-6-21-22(13-17)31(23(32)26(21)8-10-29-11-9-26)20-14-19(15-20)30-12-7-18(28)16-30/h5-6,13,18-20,29H,7-12,14-16H2,1-4H3/t18-,19?,20?/m1/s1. The Morgan fingerprint density at radius 2 is 1.74 bits per heavy atom. The van der Waals surface area contributed by atoms with Crippen molar-refractivity contribution in [2.24, 2.45) is 0 Å². The van der Waals surface area contributed by atoms with E-state index in [0.29, 0.717) is 19.0 Å². The quantitative estimate of drug-likeness (QED) is 0.690. The van der Waals surface area contributed by atoms with Crippen molar-refractivity contribution in [3.05, 3.63) is 23.8 Å². The summed E-state index contributed by atoms with van der Waals surface area (Å²) in [6, 6.07) is 6.96. The molecule has 1 saturated carbocycles. The Balaban J connectivity index is 1.31. The van der Waals surface area contributed by atoms with Crippen LogP contribution in [0.3, 0.4) is 0 Å². The van der Waals surface area contributed by atoms with Gasteiger partial charge >= 0.3 is 7.12 Å². The molecule has 4 aliphatic heterocycles. The molecule has 1 aromatic rings. The fraction of sp³-hybridized carbons (Fsp3) is 0.731. The van der Waals surface area contributed by atoms with Crippen molar-refractivity contribution in [1.82, 2.24) is 10.2 Å². The first kappa shape index (κ1) is 23.0. The minimum Gasteiger partial charge on any atom is -0.399 e. The van der Waals surface area contributed by atoms with Crippen LogP contribution in [0.15, 0.2) is 18.2 Å². The van der Waals surface area contributed by atoms with E-state index in [2.05, 4.69) is 61.0 Å². The number of carbonyl (C=O) groups is 1. The fourth-order valence-corrected chi connectivity index (χ4v) is 6.58. The van der Waals surface area contributed by atoms with Crippen molar-refractivity contribution in [3.63, 3.8) is 0 Å². The zero-order chi connectivity index (χ0) is 23.9. The van der Waals surface area contributed by atoms with Crippen molar-refractivity contribution >= 4 is 24.2 Å². The molecule has 1 amide bonds. The van der Waals surface area contributed by atoms with E-state index in [4.69, 9.17) is 9.31 Å². The van der Waals surface area contributed by atoms with Crippen molar-refractivity contribution in [3.8, 4) is 0 Å². The molecule has 0 bridgehead atoms. The summed E-state index contributed by atoms with van der Waals surface area (Å²) in [7, 11) is -0.447. The number of halogens is 1. The topological polar surface area (TPSA) is 54.0 Å². The number of anilines is 1. The zero-order valence-electron chi connectivity index (χ0n) is 20.9. The summed E-state index contributed by atoms with van der Waals surface area (Å²) in [5.74, 6) is 0.253. The minimum atomic E-state index is -0.700. The van der Waals surface area contributed by atoms with Gasteiger partial charge in [0.1, 0.15) is 6.17 Å². The van der Waals surface area contributed by atoms with Crippen LogP contribution in [0.5, 0.6) is 0 Å². The lowest BCUT2D eigenvalue weighted by Crippen LogP contribution is -2.57. The maximum absolute atomic E-state index is 14.1. The Kier molecular flexibility index (Phi) is 5.24. The van der Waals surface area contributed by atoms with E-state index in [1.54, 1.807) is 0 Å². The highest BCUT2D eigenvalue weighted by Crippen LogP contribution is 2.50. The SMILES string of the molecule is CC1(C)OB(c2ccc3c(c2)N(C2CC(N4CC[C@@H](F)C4)C2)C(=O)C32CCNCC2)OC1(C)C. The van der Waals surface area contributed by atoms with Crippen LogP contribution in [0.1, 0.15) is 65.4 Å². The van der Waals surface area contributed by atoms with Crippen LogP contribution in [0, 0.1) is 0 Å². The number of likely N-dealkylation sites (tertiary alicyclic amines) is 1. The Morgan fingerprint density at radius 1 is 1.06 bits per heavy atom. The van der Waals surface area contributed by atoms with Gasteiger partial charge in [0.05, 0.1) is 16.6 Å². The van der Waals surface area contributed by atoms with Gasteiger partial charge in [-0.1, -0.05) is 12.1 Å². The molecule has 34 heavy (non-hydrogen) atoms. The highest BCUT2D eigenvalue weighted by molar-refractivity contribution is 6.62. The third-order valence-electron chi connectivity index (χ3n) is 9.54. The lowest BCUT2D eigenvalue weighted by molar-refractivity contribution is -0.125. The molecule has 5 aliphatic rings. The fourth-order valence-electron chi connectivity index (χ4n) is 6.58. The third kappa shape index (κ3) is 3.32. The maximum atomic E-state index is 14.1. The number of alkyl halides is 1. The molecule has 0 unspecified atom stereocenters. The summed E-state index contributed by atoms with van der Waals surface area (Å²) in [4.78, 5) is 18.4. The number of hydrogen-bond acceptors (Lipinski definition) is 5. The Morgan fingerprint density at radius 3 is 2.35 bits per heavy atom. The van der Waals surface area contributed by atoms with Crippen molar-refractivity contribution < 1.29 is 18.5 Å². The average Bonchev–Trinajstić information content (AvgIpc) is 3.35. The van der Waals surface area contributed by atoms with Gasteiger partial charge < -0.3 is 19.5 Å². The molecular weight excluding hydrogens is 432 g/mol. The van der Waals surface area contributed by atoms with Gasteiger partial charge in [0.2, 0.25) is 5.91 Å². The summed E-state index contributed by atoms with van der Waals surface area (Å²) >= 11 is 0.